The van der Waals surface area contributed by atoms with Crippen LogP contribution in [0.4, 0.5) is 0 Å². The number of hydrogen-bond donors (Lipinski definition) is 0. The van der Waals surface area contributed by atoms with Crippen LogP contribution in [0.15, 0.2) is 53.4 Å². The maximum Gasteiger partial charge on any atom is 0.296 e. The molecule has 2 atom stereocenters. The normalized spacial score (nSPS) is 18.6. The minimum atomic E-state index is -3.63. The van der Waals surface area contributed by atoms with Crippen LogP contribution in [0.3, 0.4) is 0 Å². The second-order valence-corrected chi connectivity index (χ2v) is 10.0. The number of para-hydroxylation sites is 1. The average Bonchev–Trinajstić information content (AvgIpc) is 2.74. The summed E-state index contributed by atoms with van der Waals surface area (Å²) in [6, 6.07) is 15.2. The molecule has 0 amide bonds. The summed E-state index contributed by atoms with van der Waals surface area (Å²) in [4.78, 5) is 0.233. The Labute approximate surface area is 181 Å². The van der Waals surface area contributed by atoms with Crippen molar-refractivity contribution in [2.45, 2.75) is 69.6 Å². The lowest BCUT2D eigenvalue weighted by molar-refractivity contribution is 0.198. The van der Waals surface area contributed by atoms with Crippen LogP contribution in [-0.4, -0.2) is 21.6 Å². The number of ether oxygens (including phenoxy) is 1. The Balaban J connectivity index is 1.28. The van der Waals surface area contributed by atoms with Gasteiger partial charge >= 0.3 is 0 Å². The molecule has 4 nitrogen and oxygen atoms in total. The molecule has 0 radical (unpaired) electrons. The van der Waals surface area contributed by atoms with Gasteiger partial charge in [-0.1, -0.05) is 74.9 Å². The molecule has 2 aromatic carbocycles. The van der Waals surface area contributed by atoms with Crippen LogP contribution in [0.1, 0.15) is 68.9 Å². The van der Waals surface area contributed by atoms with Crippen LogP contribution in [0.25, 0.3) is 0 Å². The van der Waals surface area contributed by atoms with E-state index < -0.39 is 10.1 Å². The summed E-state index contributed by atoms with van der Waals surface area (Å²) in [5, 5.41) is 0. The summed E-state index contributed by atoms with van der Waals surface area (Å²) < 4.78 is 35.3. The Bertz CT molecular complexity index is 890. The number of fused-ring (bicyclic) bond motifs is 1. The van der Waals surface area contributed by atoms with Gasteiger partial charge in [0.25, 0.3) is 10.1 Å². The van der Waals surface area contributed by atoms with Crippen molar-refractivity contribution in [2.75, 3.05) is 13.2 Å². The van der Waals surface area contributed by atoms with E-state index in [2.05, 4.69) is 25.1 Å². The zero-order chi connectivity index (χ0) is 21.4. The van der Waals surface area contributed by atoms with Gasteiger partial charge in [-0.05, 0) is 55.4 Å². The summed E-state index contributed by atoms with van der Waals surface area (Å²) in [7, 11) is -3.63. The van der Waals surface area contributed by atoms with E-state index in [-0.39, 0.29) is 11.5 Å². The van der Waals surface area contributed by atoms with Crippen molar-refractivity contribution < 1.29 is 17.3 Å². The van der Waals surface area contributed by atoms with E-state index in [0.29, 0.717) is 11.8 Å². The predicted molar refractivity (Wildman–Crippen MR) is 120 cm³/mol. The second-order valence-electron chi connectivity index (χ2n) is 8.43. The third-order valence-electron chi connectivity index (χ3n) is 5.96. The number of aryl methyl sites for hydroxylation is 1. The Morgan fingerprint density at radius 1 is 0.933 bits per heavy atom. The molecular weight excluding hydrogens is 396 g/mol. The molecule has 0 bridgehead atoms. The van der Waals surface area contributed by atoms with Crippen LogP contribution in [0.5, 0.6) is 5.75 Å². The minimum Gasteiger partial charge on any atom is -0.493 e. The van der Waals surface area contributed by atoms with Crippen molar-refractivity contribution in [3.05, 3.63) is 59.7 Å². The molecule has 0 N–H and O–H groups in total. The molecule has 30 heavy (non-hydrogen) atoms. The van der Waals surface area contributed by atoms with E-state index in [9.17, 15) is 8.42 Å². The van der Waals surface area contributed by atoms with Crippen LogP contribution < -0.4 is 4.74 Å². The van der Waals surface area contributed by atoms with Gasteiger partial charge in [-0.25, -0.2) is 0 Å². The van der Waals surface area contributed by atoms with Gasteiger partial charge in [0.05, 0.1) is 18.1 Å². The van der Waals surface area contributed by atoms with Crippen LogP contribution in [0, 0.1) is 12.8 Å². The fraction of sp³-hybridized carbons (Fsp3) is 0.520. The van der Waals surface area contributed by atoms with Gasteiger partial charge in [0.1, 0.15) is 5.75 Å². The molecule has 0 saturated heterocycles. The molecule has 2 aromatic rings. The lowest BCUT2D eigenvalue weighted by atomic mass is 9.81. The second kappa shape index (κ2) is 11.0. The van der Waals surface area contributed by atoms with E-state index in [1.807, 2.05) is 13.0 Å². The molecule has 0 aromatic heterocycles. The van der Waals surface area contributed by atoms with Crippen LogP contribution in [-0.2, 0) is 14.3 Å². The van der Waals surface area contributed by atoms with E-state index in [1.165, 1.54) is 31.2 Å². The van der Waals surface area contributed by atoms with Crippen LogP contribution >= 0.6 is 0 Å². The van der Waals surface area contributed by atoms with E-state index in [1.54, 1.807) is 24.3 Å². The highest BCUT2D eigenvalue weighted by atomic mass is 32.2. The van der Waals surface area contributed by atoms with Gasteiger partial charge in [0.15, 0.2) is 0 Å². The topological polar surface area (TPSA) is 52.6 Å². The van der Waals surface area contributed by atoms with Crippen LogP contribution in [0.2, 0.25) is 0 Å². The lowest BCUT2D eigenvalue weighted by Gasteiger charge is -2.31. The van der Waals surface area contributed by atoms with Crippen molar-refractivity contribution in [1.29, 1.82) is 0 Å². The highest BCUT2D eigenvalue weighted by Gasteiger charge is 2.26. The van der Waals surface area contributed by atoms with Crippen molar-refractivity contribution in [1.82, 2.24) is 0 Å². The minimum absolute atomic E-state index is 0.233. The highest BCUT2D eigenvalue weighted by molar-refractivity contribution is 7.86. The van der Waals surface area contributed by atoms with Crippen molar-refractivity contribution in [3.8, 4) is 5.75 Å². The molecule has 0 saturated carbocycles. The maximum atomic E-state index is 12.2. The van der Waals surface area contributed by atoms with Gasteiger partial charge in [0.2, 0.25) is 0 Å². The average molecular weight is 431 g/mol. The molecule has 1 heterocycles. The first-order valence-electron chi connectivity index (χ1n) is 11.2. The molecule has 2 unspecified atom stereocenters. The molecule has 164 valence electrons. The third kappa shape index (κ3) is 6.32. The SMILES string of the molecule is Cc1ccc(S(=O)(=O)OCCCCCCCCC2c3ccccc3OCC2C)cc1. The third-order valence-corrected chi connectivity index (χ3v) is 7.29. The molecule has 0 aliphatic carbocycles. The lowest BCUT2D eigenvalue weighted by Crippen LogP contribution is -2.23. The van der Waals surface area contributed by atoms with E-state index >= 15 is 0 Å². The molecular formula is C25H34O4S. The first-order valence-corrected chi connectivity index (χ1v) is 12.6. The van der Waals surface area contributed by atoms with Gasteiger partial charge in [-0.15, -0.1) is 0 Å². The molecule has 1 aliphatic heterocycles. The Morgan fingerprint density at radius 3 is 2.37 bits per heavy atom. The molecule has 1 aliphatic rings. The quantitative estimate of drug-likeness (QED) is 0.313. The summed E-state index contributed by atoms with van der Waals surface area (Å²) in [5.74, 6) is 2.21. The molecule has 5 heteroatoms. The number of benzene rings is 2. The smallest absolute Gasteiger partial charge is 0.296 e. The molecule has 0 fully saturated rings. The van der Waals surface area contributed by atoms with Gasteiger partial charge in [-0.2, -0.15) is 8.42 Å². The predicted octanol–water partition coefficient (Wildman–Crippen LogP) is 6.24. The van der Waals surface area contributed by atoms with Crippen molar-refractivity contribution >= 4 is 10.1 Å². The number of hydrogen-bond acceptors (Lipinski definition) is 4. The van der Waals surface area contributed by atoms with Crippen molar-refractivity contribution in [2.24, 2.45) is 5.92 Å². The van der Waals surface area contributed by atoms with Gasteiger partial charge in [-0.3, -0.25) is 4.18 Å². The maximum absolute atomic E-state index is 12.2. The zero-order valence-electron chi connectivity index (χ0n) is 18.2. The number of unbranched alkanes of at least 4 members (excludes halogenated alkanes) is 5. The molecule has 0 spiro atoms. The Kier molecular flexibility index (Phi) is 8.34. The monoisotopic (exact) mass is 430 g/mol. The summed E-state index contributed by atoms with van der Waals surface area (Å²) >= 11 is 0. The van der Waals surface area contributed by atoms with E-state index in [0.717, 1.165) is 37.2 Å². The highest BCUT2D eigenvalue weighted by Crippen LogP contribution is 2.39. The Morgan fingerprint density at radius 2 is 1.60 bits per heavy atom. The van der Waals surface area contributed by atoms with Gasteiger partial charge < -0.3 is 4.74 Å². The molecule has 3 rings (SSSR count). The standard InChI is InChI=1S/C25H34O4S/c1-20-14-16-22(17-15-20)30(26,27)29-18-10-6-4-3-5-7-11-23-21(2)19-28-25-13-9-8-12-24(23)25/h8-9,12-17,21,23H,3-7,10-11,18-19H2,1-2H3. The summed E-state index contributed by atoms with van der Waals surface area (Å²) in [5.41, 5.74) is 2.40. The summed E-state index contributed by atoms with van der Waals surface area (Å²) in [6.45, 7) is 5.28. The summed E-state index contributed by atoms with van der Waals surface area (Å²) in [6.07, 6.45) is 7.73. The number of rotatable bonds is 11. The zero-order valence-corrected chi connectivity index (χ0v) is 19.0. The van der Waals surface area contributed by atoms with Gasteiger partial charge in [0, 0.05) is 0 Å². The first-order chi connectivity index (χ1) is 14.5. The van der Waals surface area contributed by atoms with E-state index in [4.69, 9.17) is 8.92 Å². The fourth-order valence-corrected chi connectivity index (χ4v) is 5.06. The fourth-order valence-electron chi connectivity index (χ4n) is 4.12. The van der Waals surface area contributed by atoms with Crippen molar-refractivity contribution in [3.63, 3.8) is 0 Å². The first kappa shape index (κ1) is 22.8. The Hall–Kier alpha value is -1.85. The largest absolute Gasteiger partial charge is 0.493 e.